The van der Waals surface area contributed by atoms with E-state index < -0.39 is 0 Å². The molecule has 1 heterocycles. The van der Waals surface area contributed by atoms with Crippen LogP contribution in [-0.2, 0) is 4.79 Å². The van der Waals surface area contributed by atoms with Crippen LogP contribution in [0.5, 0.6) is 0 Å². The number of amides is 1. The van der Waals surface area contributed by atoms with Gasteiger partial charge in [0.25, 0.3) is 0 Å². The van der Waals surface area contributed by atoms with Gasteiger partial charge in [-0.25, -0.2) is 0 Å². The van der Waals surface area contributed by atoms with Crippen molar-refractivity contribution >= 4 is 28.5 Å². The van der Waals surface area contributed by atoms with Gasteiger partial charge in [-0.3, -0.25) is 4.79 Å². The Hall–Kier alpha value is -1.35. The van der Waals surface area contributed by atoms with Gasteiger partial charge in [-0.15, -0.1) is 11.3 Å². The average Bonchev–Trinajstić information content (AvgIpc) is 2.69. The molecule has 1 N–H and O–H groups in total. The van der Waals surface area contributed by atoms with Crippen molar-refractivity contribution in [3.63, 3.8) is 0 Å². The Bertz CT molecular complexity index is 463. The van der Waals surface area contributed by atoms with Gasteiger partial charge in [0.2, 0.25) is 0 Å². The van der Waals surface area contributed by atoms with Crippen molar-refractivity contribution in [1.82, 2.24) is 5.32 Å². The van der Waals surface area contributed by atoms with E-state index in [0.717, 1.165) is 0 Å². The van der Waals surface area contributed by atoms with Crippen molar-refractivity contribution in [3.05, 3.63) is 34.5 Å². The number of hydrogen-bond acceptors (Lipinski definition) is 2. The minimum absolute atomic E-state index is 0.344. The van der Waals surface area contributed by atoms with Crippen LogP contribution in [-0.4, -0.2) is 13.0 Å². The second-order valence-corrected chi connectivity index (χ2v) is 4.48. The molecule has 0 spiro atoms. The van der Waals surface area contributed by atoms with Gasteiger partial charge in [0.15, 0.2) is 0 Å². The van der Waals surface area contributed by atoms with E-state index in [-0.39, 0.29) is 0 Å². The lowest BCUT2D eigenvalue weighted by Crippen LogP contribution is -2.17. The van der Waals surface area contributed by atoms with Crippen molar-refractivity contribution in [1.29, 1.82) is 0 Å². The van der Waals surface area contributed by atoms with Crippen LogP contribution >= 0.6 is 11.3 Å². The van der Waals surface area contributed by atoms with E-state index >= 15 is 0 Å². The van der Waals surface area contributed by atoms with E-state index in [1.54, 1.807) is 17.7 Å². The van der Waals surface area contributed by atoms with Crippen LogP contribution in [0.15, 0.2) is 29.6 Å². The van der Waals surface area contributed by atoms with Crippen molar-refractivity contribution in [2.24, 2.45) is 0 Å². The first-order valence-corrected chi connectivity index (χ1v) is 5.77. The average molecular weight is 218 g/mol. The monoisotopic (exact) mass is 218 g/mol. The minimum Gasteiger partial charge on any atom is -0.347 e. The standard InChI is InChI=1S/C12H12NOS/c1-9(6-13-8-14)12-11-5-3-2-4-10(11)7-15-12/h2-5,7,9H,6H2,1H3,(H,13,14). The molecular formula is C12H12NOS. The van der Waals surface area contributed by atoms with E-state index in [2.05, 4.69) is 29.8 Å². The molecule has 1 aromatic heterocycles. The van der Waals surface area contributed by atoms with Gasteiger partial charge >= 0.3 is 6.41 Å². The fourth-order valence-corrected chi connectivity index (χ4v) is 2.77. The highest BCUT2D eigenvalue weighted by atomic mass is 32.1. The van der Waals surface area contributed by atoms with E-state index in [9.17, 15) is 4.79 Å². The van der Waals surface area contributed by atoms with Crippen LogP contribution in [0.3, 0.4) is 0 Å². The van der Waals surface area contributed by atoms with Gasteiger partial charge in [-0.05, 0) is 16.2 Å². The molecular weight excluding hydrogens is 206 g/mol. The number of hydrogen-bond donors (Lipinski definition) is 1. The summed E-state index contributed by atoms with van der Waals surface area (Å²) in [5.41, 5.74) is 0. The lowest BCUT2D eigenvalue weighted by atomic mass is 10.1. The lowest BCUT2D eigenvalue weighted by Gasteiger charge is -2.08. The summed E-state index contributed by atoms with van der Waals surface area (Å²) < 4.78 is 0. The zero-order valence-corrected chi connectivity index (χ0v) is 9.30. The molecule has 0 fully saturated rings. The number of fused-ring (bicyclic) bond motifs is 1. The molecule has 15 heavy (non-hydrogen) atoms. The molecule has 0 aliphatic rings. The second kappa shape index (κ2) is 4.45. The zero-order valence-electron chi connectivity index (χ0n) is 8.49. The lowest BCUT2D eigenvalue weighted by molar-refractivity contribution is 0.538. The summed E-state index contributed by atoms with van der Waals surface area (Å²) in [4.78, 5) is 11.4. The van der Waals surface area contributed by atoms with Gasteiger partial charge in [-0.1, -0.05) is 31.2 Å². The molecule has 0 saturated carbocycles. The van der Waals surface area contributed by atoms with Crippen LogP contribution in [0.2, 0.25) is 0 Å². The molecule has 2 rings (SSSR count). The number of rotatable bonds is 4. The fourth-order valence-electron chi connectivity index (χ4n) is 1.68. The summed E-state index contributed by atoms with van der Waals surface area (Å²) in [6, 6.07) is 8.33. The molecule has 3 heteroatoms. The van der Waals surface area contributed by atoms with Crippen LogP contribution < -0.4 is 5.32 Å². The van der Waals surface area contributed by atoms with Crippen LogP contribution in [0.4, 0.5) is 0 Å². The van der Waals surface area contributed by atoms with Crippen molar-refractivity contribution in [2.45, 2.75) is 12.8 Å². The molecule has 2 nitrogen and oxygen atoms in total. The summed E-state index contributed by atoms with van der Waals surface area (Å²) in [5.74, 6) is 0.344. The first-order chi connectivity index (χ1) is 7.33. The first kappa shape index (κ1) is 10.2. The number of thiophene rings is 1. The molecule has 1 unspecified atom stereocenters. The molecule has 1 aromatic carbocycles. The number of carbonyl (C=O) groups excluding carboxylic acids is 1. The fraction of sp³-hybridized carbons (Fsp3) is 0.250. The highest BCUT2D eigenvalue weighted by Crippen LogP contribution is 2.31. The van der Waals surface area contributed by atoms with Crippen LogP contribution in [0.25, 0.3) is 10.8 Å². The maximum absolute atomic E-state index is 10.1. The van der Waals surface area contributed by atoms with Crippen molar-refractivity contribution < 1.29 is 4.79 Å². The molecule has 1 atom stereocenters. The Balaban J connectivity index is 2.30. The molecule has 0 aliphatic carbocycles. The van der Waals surface area contributed by atoms with Gasteiger partial charge in [0, 0.05) is 17.3 Å². The van der Waals surface area contributed by atoms with Gasteiger partial charge in [0.1, 0.15) is 0 Å². The molecule has 0 saturated heterocycles. The van der Waals surface area contributed by atoms with E-state index in [0.29, 0.717) is 12.5 Å². The summed E-state index contributed by atoms with van der Waals surface area (Å²) >= 11 is 1.75. The Labute approximate surface area is 92.9 Å². The Morgan fingerprint density at radius 1 is 1.47 bits per heavy atom. The van der Waals surface area contributed by atoms with Gasteiger partial charge in [-0.2, -0.15) is 0 Å². The minimum atomic E-state index is 0.344. The topological polar surface area (TPSA) is 29.1 Å². The molecule has 1 amide bonds. The molecule has 2 aromatic rings. The molecule has 1 radical (unpaired) electrons. The van der Waals surface area contributed by atoms with E-state index in [1.807, 2.05) is 12.1 Å². The largest absolute Gasteiger partial charge is 0.347 e. The maximum atomic E-state index is 10.1. The predicted molar refractivity (Wildman–Crippen MR) is 63.9 cm³/mol. The van der Waals surface area contributed by atoms with Crippen LogP contribution in [0.1, 0.15) is 17.7 Å². The van der Waals surface area contributed by atoms with E-state index in [1.165, 1.54) is 15.6 Å². The normalized spacial score (nSPS) is 12.6. The first-order valence-electron chi connectivity index (χ1n) is 4.89. The summed E-state index contributed by atoms with van der Waals surface area (Å²) in [7, 11) is 0. The number of nitrogens with one attached hydrogen (secondary N) is 1. The molecule has 0 aliphatic heterocycles. The number of benzene rings is 1. The maximum Gasteiger partial charge on any atom is 0.309 e. The Morgan fingerprint density at radius 2 is 2.27 bits per heavy atom. The summed E-state index contributed by atoms with van der Waals surface area (Å²) in [6.45, 7) is 2.76. The molecule has 77 valence electrons. The van der Waals surface area contributed by atoms with Gasteiger partial charge in [0.05, 0.1) is 0 Å². The quantitative estimate of drug-likeness (QED) is 0.785. The van der Waals surface area contributed by atoms with Crippen molar-refractivity contribution in [2.75, 3.05) is 6.54 Å². The third-order valence-electron chi connectivity index (χ3n) is 2.47. The van der Waals surface area contributed by atoms with Crippen LogP contribution in [0, 0.1) is 0 Å². The second-order valence-electron chi connectivity index (χ2n) is 3.57. The Kier molecular flexibility index (Phi) is 3.02. The predicted octanol–water partition coefficient (Wildman–Crippen LogP) is 2.66. The molecule has 0 bridgehead atoms. The van der Waals surface area contributed by atoms with Crippen molar-refractivity contribution in [3.8, 4) is 0 Å². The summed E-state index contributed by atoms with van der Waals surface area (Å²) in [5, 5.41) is 7.33. The third kappa shape index (κ3) is 2.02. The highest BCUT2D eigenvalue weighted by molar-refractivity contribution is 7.11. The smallest absolute Gasteiger partial charge is 0.309 e. The summed E-state index contributed by atoms with van der Waals surface area (Å²) in [6.07, 6.45) is 1.71. The Morgan fingerprint density at radius 3 is 3.07 bits per heavy atom. The zero-order chi connectivity index (χ0) is 10.7. The van der Waals surface area contributed by atoms with Gasteiger partial charge < -0.3 is 5.32 Å². The third-order valence-corrected chi connectivity index (χ3v) is 3.72. The highest BCUT2D eigenvalue weighted by Gasteiger charge is 2.10. The van der Waals surface area contributed by atoms with E-state index in [4.69, 9.17) is 0 Å². The SMILES string of the molecule is CC(CN[C]=O)c1scc2ccccc12.